The van der Waals surface area contributed by atoms with Crippen molar-refractivity contribution in [1.29, 1.82) is 10.5 Å². The summed E-state index contributed by atoms with van der Waals surface area (Å²) in [7, 11) is 0. The number of rotatable bonds is 4. The summed E-state index contributed by atoms with van der Waals surface area (Å²) in [5, 5.41) is 17.2. The van der Waals surface area contributed by atoms with Gasteiger partial charge < -0.3 is 0 Å². The lowest BCUT2D eigenvalue weighted by Gasteiger charge is -2.16. The molecule has 16 heavy (non-hydrogen) atoms. The highest BCUT2D eigenvalue weighted by molar-refractivity contribution is 9.10. The maximum atomic E-state index is 12.8. The Bertz CT molecular complexity index is 432. The van der Waals surface area contributed by atoms with Crippen LogP contribution in [-0.2, 0) is 6.54 Å². The van der Waals surface area contributed by atoms with Crippen LogP contribution >= 0.6 is 15.9 Å². The van der Waals surface area contributed by atoms with Gasteiger partial charge in [-0.1, -0.05) is 22.0 Å². The fourth-order valence-corrected chi connectivity index (χ4v) is 1.73. The molecule has 0 fully saturated rings. The molecule has 0 radical (unpaired) electrons. The van der Waals surface area contributed by atoms with E-state index >= 15 is 0 Å². The molecule has 0 amide bonds. The first-order chi connectivity index (χ1) is 7.67. The summed E-state index contributed by atoms with van der Waals surface area (Å²) >= 11 is 3.25. The smallest absolute Gasteiger partial charge is 0.124 e. The van der Waals surface area contributed by atoms with Gasteiger partial charge in [0.1, 0.15) is 5.82 Å². The van der Waals surface area contributed by atoms with Gasteiger partial charge in [0.05, 0.1) is 25.2 Å². The van der Waals surface area contributed by atoms with Crippen LogP contribution in [0.5, 0.6) is 0 Å². The van der Waals surface area contributed by atoms with Gasteiger partial charge in [0.25, 0.3) is 0 Å². The number of halogens is 2. The fourth-order valence-electron chi connectivity index (χ4n) is 1.26. The molecule has 0 unspecified atom stereocenters. The molecule has 3 nitrogen and oxygen atoms in total. The average molecular weight is 282 g/mol. The first-order valence-corrected chi connectivity index (χ1v) is 5.37. The largest absolute Gasteiger partial charge is 0.273 e. The molecule has 5 heteroatoms. The summed E-state index contributed by atoms with van der Waals surface area (Å²) in [5.41, 5.74) is 0.854. The van der Waals surface area contributed by atoms with Crippen molar-refractivity contribution in [2.45, 2.75) is 6.54 Å². The van der Waals surface area contributed by atoms with Crippen LogP contribution < -0.4 is 0 Å². The molecule has 82 valence electrons. The number of benzene rings is 1. The van der Waals surface area contributed by atoms with E-state index in [1.807, 2.05) is 12.1 Å². The van der Waals surface area contributed by atoms with E-state index in [0.29, 0.717) is 11.0 Å². The van der Waals surface area contributed by atoms with Crippen LogP contribution in [-0.4, -0.2) is 18.0 Å². The highest BCUT2D eigenvalue weighted by atomic mass is 79.9. The summed E-state index contributed by atoms with van der Waals surface area (Å²) in [4.78, 5) is 1.68. The Hall–Kier alpha value is -1.43. The normalized spacial score (nSPS) is 9.81. The van der Waals surface area contributed by atoms with Crippen molar-refractivity contribution in [3.63, 3.8) is 0 Å². The van der Waals surface area contributed by atoms with Crippen LogP contribution in [0.3, 0.4) is 0 Å². The average Bonchev–Trinajstić information content (AvgIpc) is 2.23. The number of hydrogen-bond acceptors (Lipinski definition) is 3. The van der Waals surface area contributed by atoms with Gasteiger partial charge in [0.15, 0.2) is 0 Å². The van der Waals surface area contributed by atoms with Gasteiger partial charge >= 0.3 is 0 Å². The van der Waals surface area contributed by atoms with E-state index in [-0.39, 0.29) is 18.9 Å². The Morgan fingerprint density at radius 1 is 1.25 bits per heavy atom. The molecule has 0 aliphatic heterocycles. The van der Waals surface area contributed by atoms with Crippen molar-refractivity contribution in [2.24, 2.45) is 0 Å². The minimum Gasteiger partial charge on any atom is -0.273 e. The first-order valence-electron chi connectivity index (χ1n) is 4.57. The quantitative estimate of drug-likeness (QED) is 0.797. The van der Waals surface area contributed by atoms with E-state index in [2.05, 4.69) is 15.9 Å². The van der Waals surface area contributed by atoms with Gasteiger partial charge in [-0.25, -0.2) is 4.39 Å². The lowest BCUT2D eigenvalue weighted by Crippen LogP contribution is -2.24. The Morgan fingerprint density at radius 2 is 1.88 bits per heavy atom. The highest BCUT2D eigenvalue weighted by Crippen LogP contribution is 2.19. The van der Waals surface area contributed by atoms with Gasteiger partial charge in [-0.15, -0.1) is 0 Å². The molecule has 1 aromatic rings. The number of nitriles is 2. The van der Waals surface area contributed by atoms with Crippen LogP contribution in [0.4, 0.5) is 4.39 Å². The Balaban J connectivity index is 2.78. The van der Waals surface area contributed by atoms with Crippen LogP contribution in [0.1, 0.15) is 5.56 Å². The molecule has 1 aromatic carbocycles. The summed E-state index contributed by atoms with van der Waals surface area (Å²) in [5.74, 6) is -0.317. The van der Waals surface area contributed by atoms with Crippen molar-refractivity contribution in [3.8, 4) is 12.1 Å². The first kappa shape index (κ1) is 12.6. The number of hydrogen-bond donors (Lipinski definition) is 0. The van der Waals surface area contributed by atoms with Gasteiger partial charge in [-0.05, 0) is 17.7 Å². The van der Waals surface area contributed by atoms with Gasteiger partial charge in [0.2, 0.25) is 0 Å². The SMILES string of the molecule is N#CCN(CC#N)Cc1ccc(F)cc1Br. The van der Waals surface area contributed by atoms with Crippen LogP contribution in [0.25, 0.3) is 0 Å². The van der Waals surface area contributed by atoms with Crippen molar-refractivity contribution in [1.82, 2.24) is 4.90 Å². The molecule has 0 aliphatic rings. The highest BCUT2D eigenvalue weighted by Gasteiger charge is 2.08. The predicted molar refractivity (Wildman–Crippen MR) is 60.6 cm³/mol. The third-order valence-electron chi connectivity index (χ3n) is 2.00. The zero-order valence-corrected chi connectivity index (χ0v) is 10.0. The lowest BCUT2D eigenvalue weighted by molar-refractivity contribution is 0.334. The van der Waals surface area contributed by atoms with E-state index in [0.717, 1.165) is 5.56 Å². The summed E-state index contributed by atoms with van der Waals surface area (Å²) in [6.45, 7) is 0.802. The maximum absolute atomic E-state index is 12.8. The van der Waals surface area contributed by atoms with E-state index in [1.165, 1.54) is 12.1 Å². The van der Waals surface area contributed by atoms with Crippen molar-refractivity contribution < 1.29 is 4.39 Å². The lowest BCUT2D eigenvalue weighted by atomic mass is 10.2. The molecule has 0 atom stereocenters. The second-order valence-corrected chi connectivity index (χ2v) is 4.05. The Kier molecular flexibility index (Phi) is 4.91. The third kappa shape index (κ3) is 3.62. The standard InChI is InChI=1S/C11H9BrFN3/c12-11-7-10(13)2-1-9(11)8-16(5-3-14)6-4-15/h1-2,7H,5-6,8H2. The van der Waals surface area contributed by atoms with Crippen molar-refractivity contribution >= 4 is 15.9 Å². The second kappa shape index (κ2) is 6.22. The molecule has 1 rings (SSSR count). The topological polar surface area (TPSA) is 50.8 Å². The van der Waals surface area contributed by atoms with E-state index < -0.39 is 0 Å². The van der Waals surface area contributed by atoms with E-state index in [9.17, 15) is 4.39 Å². The zero-order valence-electron chi connectivity index (χ0n) is 8.45. The van der Waals surface area contributed by atoms with Crippen LogP contribution in [0, 0.1) is 28.5 Å². The maximum Gasteiger partial charge on any atom is 0.124 e. The third-order valence-corrected chi connectivity index (χ3v) is 2.74. The molecule has 0 bridgehead atoms. The summed E-state index contributed by atoms with van der Waals surface area (Å²) < 4.78 is 13.5. The van der Waals surface area contributed by atoms with Gasteiger partial charge in [-0.2, -0.15) is 10.5 Å². The summed E-state index contributed by atoms with van der Waals surface area (Å²) in [6, 6.07) is 8.34. The molecular weight excluding hydrogens is 273 g/mol. The molecule has 0 saturated heterocycles. The molecule has 0 N–H and O–H groups in total. The second-order valence-electron chi connectivity index (χ2n) is 3.20. The minimum atomic E-state index is -0.317. The number of nitrogens with zero attached hydrogens (tertiary/aromatic N) is 3. The van der Waals surface area contributed by atoms with Crippen LogP contribution in [0.2, 0.25) is 0 Å². The summed E-state index contributed by atoms with van der Waals surface area (Å²) in [6.07, 6.45) is 0. The molecule has 0 spiro atoms. The molecule has 0 heterocycles. The molecule has 0 aliphatic carbocycles. The zero-order chi connectivity index (χ0) is 12.0. The van der Waals surface area contributed by atoms with E-state index in [1.54, 1.807) is 11.0 Å². The van der Waals surface area contributed by atoms with Gasteiger partial charge in [0, 0.05) is 11.0 Å². The molecular formula is C11H9BrFN3. The van der Waals surface area contributed by atoms with Crippen LogP contribution in [0.15, 0.2) is 22.7 Å². The fraction of sp³-hybridized carbons (Fsp3) is 0.273. The Morgan fingerprint density at radius 3 is 2.38 bits per heavy atom. The van der Waals surface area contributed by atoms with Crippen molar-refractivity contribution in [2.75, 3.05) is 13.1 Å². The minimum absolute atomic E-state index is 0.178. The Labute approximate surface area is 102 Å². The van der Waals surface area contributed by atoms with Gasteiger partial charge in [-0.3, -0.25) is 4.90 Å². The van der Waals surface area contributed by atoms with Crippen molar-refractivity contribution in [3.05, 3.63) is 34.1 Å². The monoisotopic (exact) mass is 281 g/mol. The van der Waals surface area contributed by atoms with E-state index in [4.69, 9.17) is 10.5 Å². The predicted octanol–water partition coefficient (Wildman–Crippen LogP) is 2.44. The molecule has 0 aromatic heterocycles. The molecule has 0 saturated carbocycles.